The van der Waals surface area contributed by atoms with Gasteiger partial charge in [-0.15, -0.1) is 0 Å². The SMILES string of the molecule is CCOC(=O)C(NC(=O)CC(C)C)(Nc1cc(C(F)(F)F)ccc1OC)C(F)(F)F. The summed E-state index contributed by atoms with van der Waals surface area (Å²) in [5.41, 5.74) is -5.95. The number of rotatable bonds is 8. The lowest BCUT2D eigenvalue weighted by atomic mass is 10.1. The highest BCUT2D eigenvalue weighted by Crippen LogP contribution is 2.39. The Morgan fingerprint density at radius 2 is 1.70 bits per heavy atom. The molecule has 1 rings (SSSR count). The van der Waals surface area contributed by atoms with Crippen molar-refractivity contribution in [2.75, 3.05) is 19.0 Å². The predicted octanol–water partition coefficient (Wildman–Crippen LogP) is 4.11. The van der Waals surface area contributed by atoms with E-state index in [4.69, 9.17) is 4.74 Å². The fraction of sp³-hybridized carbons (Fsp3) is 0.556. The Morgan fingerprint density at radius 1 is 1.10 bits per heavy atom. The lowest BCUT2D eigenvalue weighted by molar-refractivity contribution is -0.208. The van der Waals surface area contributed by atoms with Crippen molar-refractivity contribution < 1.29 is 45.4 Å². The van der Waals surface area contributed by atoms with Gasteiger partial charge in [0.15, 0.2) is 0 Å². The first-order valence-electron chi connectivity index (χ1n) is 8.76. The van der Waals surface area contributed by atoms with E-state index in [0.29, 0.717) is 12.1 Å². The lowest BCUT2D eigenvalue weighted by Crippen LogP contribution is -2.69. The van der Waals surface area contributed by atoms with Gasteiger partial charge in [0, 0.05) is 6.42 Å². The normalized spacial score (nSPS) is 14.1. The summed E-state index contributed by atoms with van der Waals surface area (Å²) in [6, 6.07) is 1.72. The Labute approximate surface area is 168 Å². The molecule has 0 aliphatic carbocycles. The Morgan fingerprint density at radius 3 is 2.13 bits per heavy atom. The average molecular weight is 444 g/mol. The Balaban J connectivity index is 3.62. The lowest BCUT2D eigenvalue weighted by Gasteiger charge is -2.36. The molecule has 1 amide bonds. The van der Waals surface area contributed by atoms with Crippen LogP contribution in [-0.4, -0.2) is 37.4 Å². The van der Waals surface area contributed by atoms with E-state index in [-0.39, 0.29) is 12.3 Å². The van der Waals surface area contributed by atoms with E-state index < -0.39 is 53.5 Å². The second kappa shape index (κ2) is 9.43. The molecule has 0 saturated carbocycles. The maximum Gasteiger partial charge on any atom is 0.441 e. The van der Waals surface area contributed by atoms with Gasteiger partial charge in [0.05, 0.1) is 25.0 Å². The van der Waals surface area contributed by atoms with Gasteiger partial charge in [0.2, 0.25) is 5.91 Å². The molecule has 0 saturated heterocycles. The third kappa shape index (κ3) is 5.92. The first-order valence-corrected chi connectivity index (χ1v) is 8.76. The number of methoxy groups -OCH3 is 1. The van der Waals surface area contributed by atoms with Crippen LogP contribution in [-0.2, 0) is 20.5 Å². The van der Waals surface area contributed by atoms with E-state index in [9.17, 15) is 35.9 Å². The van der Waals surface area contributed by atoms with Crippen LogP contribution in [0.4, 0.5) is 32.0 Å². The molecule has 0 radical (unpaired) electrons. The van der Waals surface area contributed by atoms with Gasteiger partial charge in [-0.1, -0.05) is 13.8 Å². The summed E-state index contributed by atoms with van der Waals surface area (Å²) < 4.78 is 90.6. The summed E-state index contributed by atoms with van der Waals surface area (Å²) in [5.74, 6) is -3.87. The van der Waals surface area contributed by atoms with Crippen LogP contribution in [0.2, 0.25) is 0 Å². The molecular weight excluding hydrogens is 422 g/mol. The van der Waals surface area contributed by atoms with Gasteiger partial charge >= 0.3 is 24.0 Å². The molecule has 0 aromatic heterocycles. The van der Waals surface area contributed by atoms with Crippen molar-refractivity contribution in [3.8, 4) is 5.75 Å². The number of hydrogen-bond donors (Lipinski definition) is 2. The number of benzene rings is 1. The molecule has 1 aromatic rings. The van der Waals surface area contributed by atoms with Gasteiger partial charge < -0.3 is 20.1 Å². The minimum Gasteiger partial charge on any atom is -0.495 e. The van der Waals surface area contributed by atoms with Crippen LogP contribution in [0.5, 0.6) is 5.75 Å². The van der Waals surface area contributed by atoms with Crippen LogP contribution in [0.25, 0.3) is 0 Å². The molecule has 2 N–H and O–H groups in total. The van der Waals surface area contributed by atoms with E-state index in [1.807, 2.05) is 0 Å². The quantitative estimate of drug-likeness (QED) is 0.359. The van der Waals surface area contributed by atoms with Crippen molar-refractivity contribution in [3.05, 3.63) is 23.8 Å². The highest BCUT2D eigenvalue weighted by molar-refractivity contribution is 5.92. The second-order valence-electron chi connectivity index (χ2n) is 6.65. The molecule has 12 heteroatoms. The van der Waals surface area contributed by atoms with Gasteiger partial charge in [-0.2, -0.15) is 26.3 Å². The monoisotopic (exact) mass is 444 g/mol. The molecule has 30 heavy (non-hydrogen) atoms. The minimum atomic E-state index is -5.48. The van der Waals surface area contributed by atoms with E-state index >= 15 is 0 Å². The molecule has 170 valence electrons. The van der Waals surface area contributed by atoms with Crippen molar-refractivity contribution in [1.29, 1.82) is 0 Å². The van der Waals surface area contributed by atoms with Crippen molar-refractivity contribution in [2.45, 2.75) is 45.2 Å². The fourth-order valence-corrected chi connectivity index (χ4v) is 2.45. The molecule has 1 atom stereocenters. The average Bonchev–Trinajstić information content (AvgIpc) is 2.58. The van der Waals surface area contributed by atoms with Gasteiger partial charge in [-0.25, -0.2) is 4.79 Å². The zero-order valence-electron chi connectivity index (χ0n) is 16.6. The molecule has 0 heterocycles. The highest BCUT2D eigenvalue weighted by Gasteiger charge is 2.64. The standard InChI is InChI=1S/C18H22F6N2O4/c1-5-30-15(28)16(18(22,23)24,26-14(27)8-10(2)3)25-12-9-11(17(19,20)21)6-7-13(12)29-4/h6-7,9-10,25H,5,8H2,1-4H3,(H,26,27). The first kappa shape index (κ1) is 25.4. The van der Waals surface area contributed by atoms with E-state index in [2.05, 4.69) is 4.74 Å². The van der Waals surface area contributed by atoms with E-state index in [1.165, 1.54) is 6.92 Å². The molecule has 1 aromatic carbocycles. The van der Waals surface area contributed by atoms with Crippen molar-refractivity contribution in [2.24, 2.45) is 5.92 Å². The van der Waals surface area contributed by atoms with Gasteiger partial charge in [0.1, 0.15) is 5.75 Å². The summed E-state index contributed by atoms with van der Waals surface area (Å²) in [6.45, 7) is 3.88. The summed E-state index contributed by atoms with van der Waals surface area (Å²) in [5, 5.41) is 3.25. The maximum absolute atomic E-state index is 14.1. The number of alkyl halides is 6. The summed E-state index contributed by atoms with van der Waals surface area (Å²) in [4.78, 5) is 24.5. The van der Waals surface area contributed by atoms with Crippen LogP contribution in [0.15, 0.2) is 18.2 Å². The zero-order valence-corrected chi connectivity index (χ0v) is 16.6. The highest BCUT2D eigenvalue weighted by atomic mass is 19.4. The number of carbonyl (C=O) groups is 2. The molecular formula is C18H22F6N2O4. The zero-order chi connectivity index (χ0) is 23.3. The van der Waals surface area contributed by atoms with Crippen LogP contribution in [0, 0.1) is 5.92 Å². The van der Waals surface area contributed by atoms with Crippen LogP contribution >= 0.6 is 0 Å². The molecule has 1 unspecified atom stereocenters. The van der Waals surface area contributed by atoms with E-state index in [1.54, 1.807) is 24.5 Å². The largest absolute Gasteiger partial charge is 0.495 e. The van der Waals surface area contributed by atoms with Crippen LogP contribution < -0.4 is 15.4 Å². The maximum atomic E-state index is 14.1. The third-order valence-corrected chi connectivity index (χ3v) is 3.78. The van der Waals surface area contributed by atoms with E-state index in [0.717, 1.165) is 13.2 Å². The molecule has 6 nitrogen and oxygen atoms in total. The summed E-state index contributed by atoms with van der Waals surface area (Å²) >= 11 is 0. The topological polar surface area (TPSA) is 76.7 Å². The summed E-state index contributed by atoms with van der Waals surface area (Å²) in [7, 11) is 1.02. The molecule has 0 spiro atoms. The van der Waals surface area contributed by atoms with Crippen molar-refractivity contribution in [1.82, 2.24) is 5.32 Å². The molecule has 0 aliphatic heterocycles. The smallest absolute Gasteiger partial charge is 0.441 e. The summed E-state index contributed by atoms with van der Waals surface area (Å²) in [6.07, 6.45) is -10.7. The third-order valence-electron chi connectivity index (χ3n) is 3.78. The second-order valence-corrected chi connectivity index (χ2v) is 6.65. The first-order chi connectivity index (χ1) is 13.7. The number of halogens is 6. The van der Waals surface area contributed by atoms with Crippen LogP contribution in [0.3, 0.4) is 0 Å². The number of esters is 1. The van der Waals surface area contributed by atoms with Gasteiger partial charge in [-0.3, -0.25) is 4.79 Å². The van der Waals surface area contributed by atoms with Gasteiger partial charge in [0.25, 0.3) is 0 Å². The van der Waals surface area contributed by atoms with Crippen LogP contribution in [0.1, 0.15) is 32.8 Å². The minimum absolute atomic E-state index is 0.340. The molecule has 0 fully saturated rings. The predicted molar refractivity (Wildman–Crippen MR) is 94.6 cm³/mol. The molecule has 0 aliphatic rings. The van der Waals surface area contributed by atoms with Crippen molar-refractivity contribution in [3.63, 3.8) is 0 Å². The number of ether oxygens (including phenoxy) is 2. The van der Waals surface area contributed by atoms with Gasteiger partial charge in [-0.05, 0) is 31.0 Å². The Kier molecular flexibility index (Phi) is 7.98. The Bertz CT molecular complexity index is 764. The molecule has 0 bridgehead atoms. The number of hydrogen-bond acceptors (Lipinski definition) is 5. The fourth-order valence-electron chi connectivity index (χ4n) is 2.45. The number of nitrogens with one attached hydrogen (secondary N) is 2. The number of anilines is 1. The number of carbonyl (C=O) groups excluding carboxylic acids is 2. The van der Waals surface area contributed by atoms with Crippen molar-refractivity contribution >= 4 is 17.6 Å². The number of amides is 1. The Hall–Kier alpha value is -2.66.